The van der Waals surface area contributed by atoms with E-state index in [2.05, 4.69) is 20.9 Å². The number of primary amides is 1. The number of nitrogens with two attached hydrogens (primary N) is 2. The molecule has 1 amide bonds. The van der Waals surface area contributed by atoms with E-state index in [0.29, 0.717) is 15.5 Å². The lowest BCUT2D eigenvalue weighted by Gasteiger charge is -2.27. The zero-order valence-electron chi connectivity index (χ0n) is 10.6. The summed E-state index contributed by atoms with van der Waals surface area (Å²) in [6.07, 6.45) is 0.109. The van der Waals surface area contributed by atoms with Gasteiger partial charge in [0.25, 0.3) is 0 Å². The lowest BCUT2D eigenvalue weighted by atomic mass is 9.99. The Morgan fingerprint density at radius 2 is 2.16 bits per heavy atom. The second-order valence-electron chi connectivity index (χ2n) is 5.02. The first kappa shape index (κ1) is 13.8. The van der Waals surface area contributed by atoms with Crippen molar-refractivity contribution < 1.29 is 9.18 Å². The van der Waals surface area contributed by atoms with Gasteiger partial charge in [0.15, 0.2) is 0 Å². The van der Waals surface area contributed by atoms with Crippen LogP contribution in [-0.4, -0.2) is 15.5 Å². The largest absolute Gasteiger partial charge is 0.370 e. The molecule has 0 radical (unpaired) electrons. The predicted octanol–water partition coefficient (Wildman–Crippen LogP) is 2.13. The number of fused-ring (bicyclic) bond motifs is 1. The van der Waals surface area contributed by atoms with Gasteiger partial charge in [-0.05, 0) is 35.8 Å². The standard InChI is InChI=1S/C12H14BrFN4O/c1-12(2,5-10(15)19)18-9-3-6(13)7(14)4-8(9)17-11(18)16/h3-4H,5H2,1-2H3,(H2,15,19)(H2,16,17). The van der Waals surface area contributed by atoms with Crippen molar-refractivity contribution in [3.63, 3.8) is 0 Å². The minimum atomic E-state index is -0.637. The summed E-state index contributed by atoms with van der Waals surface area (Å²) in [6.45, 7) is 3.65. The van der Waals surface area contributed by atoms with Crippen LogP contribution in [0.1, 0.15) is 20.3 Å². The molecule has 1 aromatic carbocycles. The molecular formula is C12H14BrFN4O. The van der Waals surface area contributed by atoms with Crippen LogP contribution in [0.15, 0.2) is 16.6 Å². The number of halogens is 2. The summed E-state index contributed by atoms with van der Waals surface area (Å²) in [4.78, 5) is 15.3. The summed E-state index contributed by atoms with van der Waals surface area (Å²) >= 11 is 3.13. The lowest BCUT2D eigenvalue weighted by Crippen LogP contribution is -2.33. The first-order chi connectivity index (χ1) is 8.72. The van der Waals surface area contributed by atoms with Crippen LogP contribution in [0.5, 0.6) is 0 Å². The Balaban J connectivity index is 2.69. The normalized spacial score (nSPS) is 12.0. The molecular weight excluding hydrogens is 315 g/mol. The number of nitrogens with zero attached hydrogens (tertiary/aromatic N) is 2. The van der Waals surface area contributed by atoms with Gasteiger partial charge in [-0.2, -0.15) is 0 Å². The molecule has 0 spiro atoms. The fourth-order valence-electron chi connectivity index (χ4n) is 2.23. The van der Waals surface area contributed by atoms with E-state index < -0.39 is 17.3 Å². The quantitative estimate of drug-likeness (QED) is 0.904. The molecule has 0 atom stereocenters. The number of aromatic nitrogens is 2. The Bertz CT molecular complexity index is 665. The summed E-state index contributed by atoms with van der Waals surface area (Å²) in [6, 6.07) is 2.89. The van der Waals surface area contributed by atoms with Crippen molar-refractivity contribution in [3.8, 4) is 0 Å². The number of benzene rings is 1. The molecule has 4 N–H and O–H groups in total. The smallest absolute Gasteiger partial charge is 0.219 e. The van der Waals surface area contributed by atoms with Crippen LogP contribution >= 0.6 is 15.9 Å². The maximum absolute atomic E-state index is 13.5. The molecule has 1 heterocycles. The van der Waals surface area contributed by atoms with Gasteiger partial charge < -0.3 is 16.0 Å². The van der Waals surface area contributed by atoms with Gasteiger partial charge in [-0.3, -0.25) is 4.79 Å². The van der Waals surface area contributed by atoms with Crippen LogP contribution in [0.25, 0.3) is 11.0 Å². The number of nitrogen functional groups attached to an aromatic ring is 1. The number of anilines is 1. The van der Waals surface area contributed by atoms with Crippen molar-refractivity contribution >= 4 is 38.8 Å². The molecule has 0 aliphatic carbocycles. The molecule has 0 fully saturated rings. The molecule has 0 aliphatic heterocycles. The highest BCUT2D eigenvalue weighted by molar-refractivity contribution is 9.10. The zero-order chi connectivity index (χ0) is 14.4. The Kier molecular flexibility index (Phi) is 3.25. The van der Waals surface area contributed by atoms with E-state index in [-0.39, 0.29) is 12.4 Å². The molecule has 7 heteroatoms. The third-order valence-corrected chi connectivity index (χ3v) is 3.54. The number of hydrogen-bond acceptors (Lipinski definition) is 3. The van der Waals surface area contributed by atoms with Crippen LogP contribution in [0, 0.1) is 5.82 Å². The summed E-state index contributed by atoms with van der Waals surface area (Å²) in [5.41, 5.74) is 11.6. The fraction of sp³-hybridized carbons (Fsp3) is 0.333. The van der Waals surface area contributed by atoms with Gasteiger partial charge in [-0.1, -0.05) is 0 Å². The molecule has 2 rings (SSSR count). The van der Waals surface area contributed by atoms with Crippen LogP contribution in [0.3, 0.4) is 0 Å². The van der Waals surface area contributed by atoms with Crippen molar-refractivity contribution in [1.82, 2.24) is 9.55 Å². The maximum Gasteiger partial charge on any atom is 0.219 e. The zero-order valence-corrected chi connectivity index (χ0v) is 12.2. The molecule has 19 heavy (non-hydrogen) atoms. The van der Waals surface area contributed by atoms with Crippen LogP contribution in [0.4, 0.5) is 10.3 Å². The van der Waals surface area contributed by atoms with Crippen molar-refractivity contribution in [1.29, 1.82) is 0 Å². The van der Waals surface area contributed by atoms with Crippen molar-refractivity contribution in [2.24, 2.45) is 5.73 Å². The van der Waals surface area contributed by atoms with Crippen molar-refractivity contribution in [3.05, 3.63) is 22.4 Å². The first-order valence-corrected chi connectivity index (χ1v) is 6.43. The van der Waals surface area contributed by atoms with Gasteiger partial charge in [0, 0.05) is 12.5 Å². The van der Waals surface area contributed by atoms with E-state index in [1.54, 1.807) is 10.6 Å². The molecule has 1 aromatic heterocycles. The minimum absolute atomic E-state index is 0.109. The Morgan fingerprint density at radius 1 is 1.53 bits per heavy atom. The highest BCUT2D eigenvalue weighted by Crippen LogP contribution is 2.31. The van der Waals surface area contributed by atoms with Crippen molar-refractivity contribution in [2.75, 3.05) is 5.73 Å². The van der Waals surface area contributed by atoms with Gasteiger partial charge in [0.05, 0.1) is 21.0 Å². The molecule has 0 saturated carbocycles. The van der Waals surface area contributed by atoms with Gasteiger partial charge in [-0.25, -0.2) is 9.37 Å². The van der Waals surface area contributed by atoms with Gasteiger partial charge in [-0.15, -0.1) is 0 Å². The van der Waals surface area contributed by atoms with Crippen LogP contribution in [-0.2, 0) is 10.3 Å². The molecule has 0 unspecified atom stereocenters. The van der Waals surface area contributed by atoms with Gasteiger partial charge in [0.2, 0.25) is 11.9 Å². The average Bonchev–Trinajstić information content (AvgIpc) is 2.53. The first-order valence-electron chi connectivity index (χ1n) is 5.64. The summed E-state index contributed by atoms with van der Waals surface area (Å²) in [5, 5.41) is 0. The Morgan fingerprint density at radius 3 is 2.74 bits per heavy atom. The van der Waals surface area contributed by atoms with E-state index in [1.165, 1.54) is 6.07 Å². The fourth-order valence-corrected chi connectivity index (χ4v) is 2.56. The number of carbonyl (C=O) groups is 1. The van der Waals surface area contributed by atoms with E-state index >= 15 is 0 Å². The highest BCUT2D eigenvalue weighted by Gasteiger charge is 2.27. The Labute approximate surface area is 117 Å². The van der Waals surface area contributed by atoms with Gasteiger partial charge >= 0.3 is 0 Å². The highest BCUT2D eigenvalue weighted by atomic mass is 79.9. The third kappa shape index (κ3) is 2.42. The van der Waals surface area contributed by atoms with Crippen LogP contribution in [0.2, 0.25) is 0 Å². The summed E-state index contributed by atoms with van der Waals surface area (Å²) < 4.78 is 15.5. The number of hydrogen-bond donors (Lipinski definition) is 2. The number of imidazole rings is 1. The SMILES string of the molecule is CC(C)(CC(N)=O)n1c(N)nc2cc(F)c(Br)cc21. The van der Waals surface area contributed by atoms with E-state index in [1.807, 2.05) is 13.8 Å². The molecule has 102 valence electrons. The van der Waals surface area contributed by atoms with E-state index in [0.717, 1.165) is 0 Å². The third-order valence-electron chi connectivity index (χ3n) is 2.93. The maximum atomic E-state index is 13.5. The second kappa shape index (κ2) is 4.48. The average molecular weight is 329 g/mol. The minimum Gasteiger partial charge on any atom is -0.370 e. The van der Waals surface area contributed by atoms with E-state index in [9.17, 15) is 9.18 Å². The number of amides is 1. The van der Waals surface area contributed by atoms with Crippen LogP contribution < -0.4 is 11.5 Å². The topological polar surface area (TPSA) is 86.9 Å². The summed E-state index contributed by atoms with van der Waals surface area (Å²) in [5.74, 6) is -0.629. The number of rotatable bonds is 3. The monoisotopic (exact) mass is 328 g/mol. The van der Waals surface area contributed by atoms with E-state index in [4.69, 9.17) is 11.5 Å². The molecule has 5 nitrogen and oxygen atoms in total. The van der Waals surface area contributed by atoms with Crippen molar-refractivity contribution in [2.45, 2.75) is 25.8 Å². The Hall–Kier alpha value is -1.63. The lowest BCUT2D eigenvalue weighted by molar-refractivity contribution is -0.119. The molecule has 2 aromatic rings. The molecule has 0 aliphatic rings. The molecule has 0 saturated heterocycles. The number of carbonyl (C=O) groups excluding carboxylic acids is 1. The second-order valence-corrected chi connectivity index (χ2v) is 5.87. The van der Waals surface area contributed by atoms with Gasteiger partial charge in [0.1, 0.15) is 5.82 Å². The predicted molar refractivity (Wildman–Crippen MR) is 74.9 cm³/mol. The molecule has 0 bridgehead atoms. The summed E-state index contributed by atoms with van der Waals surface area (Å²) in [7, 11) is 0.